The number of carbonyl (C=O) groups is 1. The zero-order valence-electron chi connectivity index (χ0n) is 13.1. The van der Waals surface area contributed by atoms with Crippen LogP contribution >= 0.6 is 11.8 Å². The van der Waals surface area contributed by atoms with Gasteiger partial charge in [-0.3, -0.25) is 4.79 Å². The Morgan fingerprint density at radius 1 is 1.22 bits per heavy atom. The fourth-order valence-corrected chi connectivity index (χ4v) is 3.64. The summed E-state index contributed by atoms with van der Waals surface area (Å²) in [6, 6.07) is 14.1. The highest BCUT2D eigenvalue weighted by Gasteiger charge is 2.13. The number of hydrogen-bond acceptors (Lipinski definition) is 4. The smallest absolute Gasteiger partial charge is 0.241 e. The summed E-state index contributed by atoms with van der Waals surface area (Å²) in [6.07, 6.45) is 2.55. The number of rotatable bonds is 6. The number of thioether (sulfide) groups is 1. The molecule has 2 aromatic rings. The van der Waals surface area contributed by atoms with E-state index in [4.69, 9.17) is 5.73 Å². The maximum atomic E-state index is 12.7. The number of nitrogens with one attached hydrogen (secondary N) is 1. The van der Waals surface area contributed by atoms with Crippen LogP contribution in [0.25, 0.3) is 0 Å². The maximum Gasteiger partial charge on any atom is 0.241 e. The second-order valence-corrected chi connectivity index (χ2v) is 7.34. The van der Waals surface area contributed by atoms with Gasteiger partial charge in [-0.2, -0.15) is 0 Å². The van der Waals surface area contributed by atoms with Gasteiger partial charge in [0, 0.05) is 20.4 Å². The number of nitrogens with two attached hydrogens (primary N) is 1. The normalized spacial score (nSPS) is 13.3. The van der Waals surface area contributed by atoms with E-state index in [0.717, 1.165) is 9.79 Å². The Morgan fingerprint density at radius 2 is 1.87 bits per heavy atom. The SMILES string of the molecule is CCC(N)C(=O)Nc1cccc(S(=O)c2cccc(SC)c2)c1. The minimum atomic E-state index is -1.29. The lowest BCUT2D eigenvalue weighted by atomic mass is 10.2. The summed E-state index contributed by atoms with van der Waals surface area (Å²) in [5.74, 6) is -0.236. The molecule has 0 saturated heterocycles. The Kier molecular flexibility index (Phi) is 6.38. The summed E-state index contributed by atoms with van der Waals surface area (Å²) in [4.78, 5) is 14.3. The van der Waals surface area contributed by atoms with Gasteiger partial charge in [0.2, 0.25) is 5.91 Å². The molecule has 122 valence electrons. The highest BCUT2D eigenvalue weighted by molar-refractivity contribution is 7.98. The van der Waals surface area contributed by atoms with Crippen LogP contribution in [0.4, 0.5) is 5.69 Å². The van der Waals surface area contributed by atoms with Crippen LogP contribution in [-0.2, 0) is 15.6 Å². The number of benzene rings is 2. The summed E-state index contributed by atoms with van der Waals surface area (Å²) in [7, 11) is -1.29. The van der Waals surface area contributed by atoms with Crippen molar-refractivity contribution in [3.05, 3.63) is 48.5 Å². The van der Waals surface area contributed by atoms with E-state index in [1.165, 1.54) is 0 Å². The van der Waals surface area contributed by atoms with Crippen molar-refractivity contribution in [3.63, 3.8) is 0 Å². The molecular weight excluding hydrogens is 328 g/mol. The van der Waals surface area contributed by atoms with E-state index in [2.05, 4.69) is 5.32 Å². The Morgan fingerprint density at radius 3 is 2.52 bits per heavy atom. The zero-order valence-corrected chi connectivity index (χ0v) is 14.7. The quantitative estimate of drug-likeness (QED) is 0.786. The zero-order chi connectivity index (χ0) is 16.8. The van der Waals surface area contributed by atoms with E-state index in [0.29, 0.717) is 17.0 Å². The fourth-order valence-electron chi connectivity index (χ4n) is 1.96. The van der Waals surface area contributed by atoms with Gasteiger partial charge >= 0.3 is 0 Å². The summed E-state index contributed by atoms with van der Waals surface area (Å²) < 4.78 is 12.7. The van der Waals surface area contributed by atoms with E-state index in [1.807, 2.05) is 37.4 Å². The molecule has 3 N–H and O–H groups in total. The first-order chi connectivity index (χ1) is 11.0. The van der Waals surface area contributed by atoms with Crippen molar-refractivity contribution in [2.45, 2.75) is 34.1 Å². The van der Waals surface area contributed by atoms with Crippen LogP contribution in [-0.4, -0.2) is 22.4 Å². The summed E-state index contributed by atoms with van der Waals surface area (Å²) in [5, 5.41) is 2.76. The molecule has 0 spiro atoms. The average Bonchev–Trinajstić information content (AvgIpc) is 2.60. The van der Waals surface area contributed by atoms with Gasteiger partial charge < -0.3 is 11.1 Å². The van der Waals surface area contributed by atoms with Crippen LogP contribution in [0.3, 0.4) is 0 Å². The van der Waals surface area contributed by atoms with Gasteiger partial charge in [0.1, 0.15) is 0 Å². The molecule has 0 aliphatic carbocycles. The number of hydrogen-bond donors (Lipinski definition) is 2. The molecule has 1 amide bonds. The first-order valence-electron chi connectivity index (χ1n) is 7.27. The molecule has 2 unspecified atom stereocenters. The standard InChI is InChI=1S/C17H20N2O2S2/c1-3-16(18)17(20)19-12-6-4-8-14(10-12)23(21)15-9-5-7-13(11-15)22-2/h4-11,16H,3,18H2,1-2H3,(H,19,20). The summed E-state index contributed by atoms with van der Waals surface area (Å²) >= 11 is 1.61. The van der Waals surface area contributed by atoms with E-state index < -0.39 is 16.8 Å². The highest BCUT2D eigenvalue weighted by atomic mass is 32.2. The van der Waals surface area contributed by atoms with Crippen molar-refractivity contribution in [2.24, 2.45) is 5.73 Å². The third-order valence-corrected chi connectivity index (χ3v) is 5.44. The van der Waals surface area contributed by atoms with Crippen LogP contribution in [0.5, 0.6) is 0 Å². The van der Waals surface area contributed by atoms with Crippen LogP contribution < -0.4 is 11.1 Å². The molecular formula is C17H20N2O2S2. The van der Waals surface area contributed by atoms with E-state index >= 15 is 0 Å². The van der Waals surface area contributed by atoms with Gasteiger partial charge in [0.15, 0.2) is 0 Å². The number of carbonyl (C=O) groups excluding carboxylic acids is 1. The van der Waals surface area contributed by atoms with Crippen LogP contribution in [0.15, 0.2) is 63.2 Å². The lowest BCUT2D eigenvalue weighted by Gasteiger charge is -2.11. The second-order valence-electron chi connectivity index (χ2n) is 4.98. The lowest BCUT2D eigenvalue weighted by Crippen LogP contribution is -2.34. The van der Waals surface area contributed by atoms with Gasteiger partial charge in [0.25, 0.3) is 0 Å². The molecule has 23 heavy (non-hydrogen) atoms. The Labute approximate surface area is 143 Å². The molecule has 2 aromatic carbocycles. The molecule has 2 atom stereocenters. The van der Waals surface area contributed by atoms with Crippen LogP contribution in [0.2, 0.25) is 0 Å². The van der Waals surface area contributed by atoms with Gasteiger partial charge in [0.05, 0.1) is 16.8 Å². The van der Waals surface area contributed by atoms with Crippen molar-refractivity contribution in [1.29, 1.82) is 0 Å². The molecule has 0 radical (unpaired) electrons. The Hall–Kier alpha value is -1.63. The first-order valence-corrected chi connectivity index (χ1v) is 9.65. The van der Waals surface area contributed by atoms with Gasteiger partial charge in [-0.05, 0) is 49.1 Å². The molecule has 6 heteroatoms. The van der Waals surface area contributed by atoms with E-state index in [-0.39, 0.29) is 5.91 Å². The predicted molar refractivity (Wildman–Crippen MR) is 96.2 cm³/mol. The van der Waals surface area contributed by atoms with Crippen molar-refractivity contribution < 1.29 is 9.00 Å². The monoisotopic (exact) mass is 348 g/mol. The molecule has 0 bridgehead atoms. The third-order valence-electron chi connectivity index (χ3n) is 3.35. The Bertz CT molecular complexity index is 719. The van der Waals surface area contributed by atoms with Crippen LogP contribution in [0, 0.1) is 0 Å². The molecule has 0 aliphatic heterocycles. The molecule has 0 aliphatic rings. The van der Waals surface area contributed by atoms with E-state index in [9.17, 15) is 9.00 Å². The van der Waals surface area contributed by atoms with Crippen molar-refractivity contribution in [1.82, 2.24) is 0 Å². The minimum Gasteiger partial charge on any atom is -0.325 e. The topological polar surface area (TPSA) is 72.2 Å². The first kappa shape index (κ1) is 17.7. The molecule has 0 aromatic heterocycles. The maximum absolute atomic E-state index is 12.7. The average molecular weight is 348 g/mol. The fraction of sp³-hybridized carbons (Fsp3) is 0.235. The minimum absolute atomic E-state index is 0.236. The van der Waals surface area contributed by atoms with Crippen molar-refractivity contribution >= 4 is 34.2 Å². The third kappa shape index (κ3) is 4.67. The Balaban J connectivity index is 2.21. The molecule has 0 heterocycles. The van der Waals surface area contributed by atoms with Crippen LogP contribution in [0.1, 0.15) is 13.3 Å². The second kappa shape index (κ2) is 8.29. The van der Waals surface area contributed by atoms with E-state index in [1.54, 1.807) is 36.0 Å². The largest absolute Gasteiger partial charge is 0.325 e. The van der Waals surface area contributed by atoms with Crippen molar-refractivity contribution in [2.75, 3.05) is 11.6 Å². The van der Waals surface area contributed by atoms with Crippen molar-refractivity contribution in [3.8, 4) is 0 Å². The summed E-state index contributed by atoms with van der Waals surface area (Å²) in [6.45, 7) is 1.86. The lowest BCUT2D eigenvalue weighted by molar-refractivity contribution is -0.117. The van der Waals surface area contributed by atoms with Gasteiger partial charge in [-0.1, -0.05) is 19.1 Å². The molecule has 0 saturated carbocycles. The highest BCUT2D eigenvalue weighted by Crippen LogP contribution is 2.23. The number of amides is 1. The number of anilines is 1. The van der Waals surface area contributed by atoms with Gasteiger partial charge in [-0.15, -0.1) is 11.8 Å². The molecule has 4 nitrogen and oxygen atoms in total. The molecule has 0 fully saturated rings. The summed E-state index contributed by atoms with van der Waals surface area (Å²) in [5.41, 5.74) is 6.31. The molecule has 2 rings (SSSR count). The predicted octanol–water partition coefficient (Wildman–Crippen LogP) is 3.25. The van der Waals surface area contributed by atoms with Gasteiger partial charge in [-0.25, -0.2) is 4.21 Å².